The fraction of sp³-hybridized carbons (Fsp3) is 0.549. The number of thioether (sulfide) groups is 1. The number of thiophene rings is 1. The molecule has 34 heteroatoms. The van der Waals surface area contributed by atoms with E-state index in [1.807, 2.05) is 0 Å². The van der Waals surface area contributed by atoms with Crippen molar-refractivity contribution in [1.82, 2.24) is 41.7 Å². The number of carbonyl (C=O) groups is 10. The van der Waals surface area contributed by atoms with Crippen molar-refractivity contribution in [3.05, 3.63) is 46.7 Å². The smallest absolute Gasteiger partial charge is 0.326 e. The molecule has 0 saturated carbocycles. The summed E-state index contributed by atoms with van der Waals surface area (Å²) in [6, 6.07) is -0.650. The summed E-state index contributed by atoms with van der Waals surface area (Å²) in [5.74, 6) is -9.15. The SMILES string of the molecule is NC(N)=NCCCC(NC(=O)CN1C(=O)[C@@H](NC(=O)[C@H](CO)NC(=O)[C@H](Cc2cccs2)NC(=O)CNC(=O)[C@@H]2[C@H](O)CCN2C(=O)[C@@H]2CCCN2C(=O)[C@H](CCCN=C(N)N)NC(=O)[C@H](N)CCCN=C(N)N)CSc2ccccc21)C(=O)O. The molecule has 2 saturated heterocycles. The number of aliphatic imine (C=N–C) groups is 3. The minimum Gasteiger partial charge on any atom is -0.480 e. The molecule has 4 heterocycles. The number of amides is 9. The van der Waals surface area contributed by atoms with Crippen LogP contribution in [0.15, 0.2) is 61.7 Å². The van der Waals surface area contributed by atoms with Crippen LogP contribution >= 0.6 is 23.1 Å². The molecule has 85 heavy (non-hydrogen) atoms. The van der Waals surface area contributed by atoms with Crippen molar-refractivity contribution >= 4 is 106 Å². The Labute approximate surface area is 497 Å². The maximum Gasteiger partial charge on any atom is 0.326 e. The lowest BCUT2D eigenvalue weighted by Gasteiger charge is -2.33. The van der Waals surface area contributed by atoms with Crippen molar-refractivity contribution in [3.8, 4) is 0 Å². The number of nitrogens with two attached hydrogens (primary N) is 7. The monoisotopic (exact) mass is 1230 g/mol. The van der Waals surface area contributed by atoms with Crippen LogP contribution in [0.1, 0.15) is 62.7 Å². The van der Waals surface area contributed by atoms with E-state index in [9.17, 15) is 63.3 Å². The minimum absolute atomic E-state index is 0.0277. The molecule has 1 aromatic carbocycles. The topological polar surface area (TPSA) is 533 Å². The number of hydrogen-bond donors (Lipinski definition) is 16. The zero-order chi connectivity index (χ0) is 62.3. The van der Waals surface area contributed by atoms with Crippen molar-refractivity contribution < 1.29 is 63.3 Å². The first kappa shape index (κ1) is 67.5. The van der Waals surface area contributed by atoms with E-state index in [0.29, 0.717) is 28.3 Å². The Morgan fingerprint density at radius 2 is 1.33 bits per heavy atom. The highest BCUT2D eigenvalue weighted by molar-refractivity contribution is 7.99. The number of aliphatic carboxylic acids is 1. The van der Waals surface area contributed by atoms with E-state index in [-0.39, 0.29) is 108 Å². The van der Waals surface area contributed by atoms with Gasteiger partial charge in [-0.25, -0.2) is 4.79 Å². The number of carboxylic acid groups (broad SMARTS) is 1. The molecule has 9 atom stereocenters. The maximum absolute atomic E-state index is 14.3. The van der Waals surface area contributed by atoms with E-state index in [0.717, 1.165) is 9.80 Å². The van der Waals surface area contributed by atoms with E-state index in [4.69, 9.17) is 40.1 Å². The van der Waals surface area contributed by atoms with Gasteiger partial charge in [0.05, 0.1) is 31.0 Å². The molecular formula is C51H77N19O13S2. The number of nitrogens with one attached hydrogen (secondary N) is 6. The number of hydrogen-bond acceptors (Lipinski definition) is 18. The lowest BCUT2D eigenvalue weighted by Crippen LogP contribution is -2.60. The van der Waals surface area contributed by atoms with E-state index in [1.165, 1.54) is 28.0 Å². The third-order valence-corrected chi connectivity index (χ3v) is 15.9. The fourth-order valence-corrected chi connectivity index (χ4v) is 11.4. The number of carboxylic acids is 1. The number of anilines is 1. The number of aliphatic hydroxyl groups is 2. The number of nitrogens with zero attached hydrogens (tertiary/aromatic N) is 6. The van der Waals surface area contributed by atoms with Gasteiger partial charge in [0.2, 0.25) is 47.3 Å². The predicted octanol–water partition coefficient (Wildman–Crippen LogP) is -6.51. The molecule has 23 N–H and O–H groups in total. The van der Waals surface area contributed by atoms with Gasteiger partial charge in [0.25, 0.3) is 5.91 Å². The number of rotatable bonds is 31. The lowest BCUT2D eigenvalue weighted by molar-refractivity contribution is -0.149. The lowest BCUT2D eigenvalue weighted by atomic mass is 10.1. The van der Waals surface area contributed by atoms with Gasteiger partial charge in [-0.3, -0.25) is 58.1 Å². The first-order valence-corrected chi connectivity index (χ1v) is 29.2. The first-order chi connectivity index (χ1) is 40.5. The average Bonchev–Trinajstić information content (AvgIpc) is 2.69. The molecule has 466 valence electrons. The van der Waals surface area contributed by atoms with Crippen LogP contribution in [0.2, 0.25) is 0 Å². The average molecular weight is 1230 g/mol. The van der Waals surface area contributed by atoms with Crippen LogP contribution in [0.3, 0.4) is 0 Å². The molecule has 32 nitrogen and oxygen atoms in total. The Bertz CT molecular complexity index is 2780. The van der Waals surface area contributed by atoms with Gasteiger partial charge in [-0.2, -0.15) is 0 Å². The quantitative estimate of drug-likeness (QED) is 0.0190. The fourth-order valence-electron chi connectivity index (χ4n) is 9.57. The molecule has 1 unspecified atom stereocenters. The normalized spacial score (nSPS) is 19.0. The third-order valence-electron chi connectivity index (χ3n) is 13.8. The largest absolute Gasteiger partial charge is 0.480 e. The standard InChI is InChI=1S/C51H77N19O13S2/c52-28(9-3-16-59-49(53)54)41(75)65-29(10-4-17-60-50(55)56)45(79)68-19-6-13-35(68)47(81)69-20-15-36(72)40(69)44(78)62-23-38(73)64-31(22-27-8-7-21-84-27)42(76)66-32(25-71)43(77)67-33-26-85-37-14-2-1-12-34(37)70(46(33)80)24-39(74)63-30(48(82)83)11-5-18-61-51(57)58/h1-2,7-8,12,14,21,28-33,35-36,40,71-72H,3-6,9-11,13,15-20,22-26,52H2,(H,62,78)(H,63,74)(H,64,73)(H,65,75)(H,66,76)(H,67,77)(H,82,83)(H4,53,54,59)(H4,55,56,60)(H4,57,58,61)/t28-,29+,30?,31+,32+,33+,35+,36-,40+/m1/s1. The third kappa shape index (κ3) is 20.5. The van der Waals surface area contributed by atoms with E-state index in [2.05, 4.69) is 46.9 Å². The van der Waals surface area contributed by atoms with Crippen molar-refractivity contribution in [2.45, 2.75) is 124 Å². The second kappa shape index (κ2) is 33.2. The zero-order valence-electron chi connectivity index (χ0n) is 46.6. The number of aliphatic hydroxyl groups excluding tert-OH is 2. The molecular weight excluding hydrogens is 1150 g/mol. The van der Waals surface area contributed by atoms with E-state index in [1.54, 1.807) is 41.8 Å². The van der Waals surface area contributed by atoms with Gasteiger partial charge in [0, 0.05) is 54.7 Å². The van der Waals surface area contributed by atoms with Crippen LogP contribution in [0, 0.1) is 0 Å². The summed E-state index contributed by atoms with van der Waals surface area (Å²) < 4.78 is 0. The van der Waals surface area contributed by atoms with Gasteiger partial charge in [-0.15, -0.1) is 23.1 Å². The van der Waals surface area contributed by atoms with Gasteiger partial charge in [-0.1, -0.05) is 18.2 Å². The highest BCUT2D eigenvalue weighted by Gasteiger charge is 2.47. The number of likely N-dealkylation sites (tertiary alicyclic amines) is 2. The Hall–Kier alpha value is -8.34. The van der Waals surface area contributed by atoms with E-state index >= 15 is 0 Å². The molecule has 2 aromatic rings. The molecule has 1 aromatic heterocycles. The molecule has 9 amide bonds. The summed E-state index contributed by atoms with van der Waals surface area (Å²) in [7, 11) is 0. The maximum atomic E-state index is 14.3. The van der Waals surface area contributed by atoms with Gasteiger partial charge < -0.3 is 102 Å². The Morgan fingerprint density at radius 1 is 0.706 bits per heavy atom. The number of fused-ring (bicyclic) bond motifs is 1. The number of para-hydroxylation sites is 1. The van der Waals surface area contributed by atoms with Crippen molar-refractivity contribution in [2.75, 3.05) is 63.1 Å². The van der Waals surface area contributed by atoms with Crippen LogP contribution in [0.25, 0.3) is 0 Å². The molecule has 5 rings (SSSR count). The van der Waals surface area contributed by atoms with Crippen LogP contribution in [0.4, 0.5) is 5.69 Å². The van der Waals surface area contributed by atoms with Crippen molar-refractivity contribution in [1.29, 1.82) is 0 Å². The Morgan fingerprint density at radius 3 is 1.95 bits per heavy atom. The number of carbonyl (C=O) groups excluding carboxylic acids is 9. The molecule has 0 bridgehead atoms. The predicted molar refractivity (Wildman–Crippen MR) is 313 cm³/mol. The Balaban J connectivity index is 1.22. The summed E-state index contributed by atoms with van der Waals surface area (Å²) in [5, 5.41) is 48.1. The minimum atomic E-state index is -1.69. The highest BCUT2D eigenvalue weighted by atomic mass is 32.2. The molecule has 3 aliphatic heterocycles. The Kier molecular flexibility index (Phi) is 26.4. The zero-order valence-corrected chi connectivity index (χ0v) is 48.3. The van der Waals surface area contributed by atoms with Crippen LogP contribution < -0.4 is 76.9 Å². The summed E-state index contributed by atoms with van der Waals surface area (Å²) in [6.07, 6.45) is 0.0913. The van der Waals surface area contributed by atoms with Gasteiger partial charge in [0.1, 0.15) is 48.8 Å². The second-order valence-electron chi connectivity index (χ2n) is 20.1. The summed E-state index contributed by atoms with van der Waals surface area (Å²) in [6.45, 7) is -1.90. The van der Waals surface area contributed by atoms with Crippen LogP contribution in [-0.2, 0) is 54.4 Å². The molecule has 0 spiro atoms. The van der Waals surface area contributed by atoms with Crippen molar-refractivity contribution in [3.63, 3.8) is 0 Å². The number of guanidine groups is 3. The molecule has 2 fully saturated rings. The van der Waals surface area contributed by atoms with Gasteiger partial charge in [0.15, 0.2) is 17.9 Å². The van der Waals surface area contributed by atoms with Gasteiger partial charge in [-0.05, 0) is 81.4 Å². The van der Waals surface area contributed by atoms with Crippen LogP contribution in [-0.4, -0.2) is 215 Å². The van der Waals surface area contributed by atoms with Gasteiger partial charge >= 0.3 is 5.97 Å². The first-order valence-electron chi connectivity index (χ1n) is 27.4. The van der Waals surface area contributed by atoms with E-state index < -0.39 is 133 Å². The van der Waals surface area contributed by atoms with Crippen molar-refractivity contribution in [2.24, 2.45) is 55.1 Å². The molecule has 0 aliphatic carbocycles. The number of benzene rings is 1. The highest BCUT2D eigenvalue weighted by Crippen LogP contribution is 2.34. The summed E-state index contributed by atoms with van der Waals surface area (Å²) in [5.41, 5.74) is 38.8. The molecule has 0 radical (unpaired) electrons. The summed E-state index contributed by atoms with van der Waals surface area (Å²) in [4.78, 5) is 153. The second-order valence-corrected chi connectivity index (χ2v) is 22.2. The molecule has 3 aliphatic rings. The summed E-state index contributed by atoms with van der Waals surface area (Å²) >= 11 is 2.41. The van der Waals surface area contributed by atoms with Crippen LogP contribution in [0.5, 0.6) is 0 Å².